The van der Waals surface area contributed by atoms with Crippen LogP contribution in [0.1, 0.15) is 12.2 Å². The third kappa shape index (κ3) is 2.27. The summed E-state index contributed by atoms with van der Waals surface area (Å²) in [5.41, 5.74) is 0.854. The molecule has 0 unspecified atom stereocenters. The Morgan fingerprint density at radius 3 is 2.85 bits per heavy atom. The van der Waals surface area contributed by atoms with E-state index < -0.39 is 17.5 Å². The Hall–Kier alpha value is -2.67. The molecule has 4 heterocycles. The molecule has 4 aromatic rings. The fraction of sp³-hybridized carbons (Fsp3) is 0.158. The molecule has 0 spiro atoms. The van der Waals surface area contributed by atoms with Crippen LogP contribution >= 0.6 is 11.3 Å². The topological polar surface area (TPSA) is 30.7 Å². The maximum Gasteiger partial charge on any atom is 0.168 e. The van der Waals surface area contributed by atoms with Gasteiger partial charge >= 0.3 is 0 Å². The summed E-state index contributed by atoms with van der Waals surface area (Å²) < 4.78 is 45.0. The first-order chi connectivity index (χ1) is 12.6. The van der Waals surface area contributed by atoms with Crippen LogP contribution in [0.25, 0.3) is 31.9 Å². The largest absolute Gasteiger partial charge is 0.327 e. The Morgan fingerprint density at radius 1 is 1.12 bits per heavy atom. The number of thiophene rings is 1. The normalized spacial score (nSPS) is 13.5. The lowest BCUT2D eigenvalue weighted by Crippen LogP contribution is -1.97. The predicted molar refractivity (Wildman–Crippen MR) is 94.5 cm³/mol. The molecular formula is C19H12F3N3S. The second-order valence-electron chi connectivity index (χ2n) is 6.25. The van der Waals surface area contributed by atoms with Gasteiger partial charge in [0, 0.05) is 47.1 Å². The van der Waals surface area contributed by atoms with E-state index >= 15 is 0 Å². The zero-order valence-electron chi connectivity index (χ0n) is 13.5. The van der Waals surface area contributed by atoms with Crippen molar-refractivity contribution < 1.29 is 13.2 Å². The molecule has 0 aliphatic carbocycles. The second-order valence-corrected chi connectivity index (χ2v) is 7.34. The minimum atomic E-state index is -1.21. The van der Waals surface area contributed by atoms with E-state index in [-0.39, 0.29) is 11.3 Å². The Labute approximate surface area is 150 Å². The molecule has 3 nitrogen and oxygen atoms in total. The Morgan fingerprint density at radius 2 is 2.00 bits per heavy atom. The van der Waals surface area contributed by atoms with Crippen LogP contribution in [0, 0.1) is 17.5 Å². The number of pyridine rings is 1. The first-order valence-electron chi connectivity index (χ1n) is 8.20. The fourth-order valence-electron chi connectivity index (χ4n) is 3.49. The molecule has 130 valence electrons. The predicted octanol–water partition coefficient (Wildman–Crippen LogP) is 5.19. The van der Waals surface area contributed by atoms with Gasteiger partial charge in [-0.05, 0) is 24.6 Å². The van der Waals surface area contributed by atoms with E-state index in [1.165, 1.54) is 11.3 Å². The number of hydrogen-bond acceptors (Lipinski definition) is 3. The monoisotopic (exact) mass is 371 g/mol. The summed E-state index contributed by atoms with van der Waals surface area (Å²) in [5.74, 6) is -2.29. The van der Waals surface area contributed by atoms with Gasteiger partial charge in [-0.1, -0.05) is 0 Å². The number of aryl methyl sites for hydroxylation is 1. The second kappa shape index (κ2) is 5.67. The van der Waals surface area contributed by atoms with Crippen LogP contribution in [-0.4, -0.2) is 14.5 Å². The SMILES string of the molecule is Fc1cc(F)c(F)c(-c2nc3n(c2-c2cc4cnccc4s2)CCC3)c1. The van der Waals surface area contributed by atoms with Crippen LogP contribution in [0.2, 0.25) is 0 Å². The maximum absolute atomic E-state index is 14.4. The molecule has 3 aromatic heterocycles. The summed E-state index contributed by atoms with van der Waals surface area (Å²) in [6, 6.07) is 5.43. The third-order valence-electron chi connectivity index (χ3n) is 4.63. The van der Waals surface area contributed by atoms with Crippen molar-refractivity contribution in [3.63, 3.8) is 0 Å². The quantitative estimate of drug-likeness (QED) is 0.454. The van der Waals surface area contributed by atoms with E-state index in [1.807, 2.05) is 16.7 Å². The van der Waals surface area contributed by atoms with Crippen molar-refractivity contribution >= 4 is 21.4 Å². The van der Waals surface area contributed by atoms with Crippen molar-refractivity contribution in [3.05, 3.63) is 59.9 Å². The van der Waals surface area contributed by atoms with E-state index in [9.17, 15) is 13.2 Å². The molecule has 1 aliphatic heterocycles. The van der Waals surface area contributed by atoms with Gasteiger partial charge in [-0.25, -0.2) is 18.2 Å². The molecule has 5 rings (SSSR count). The van der Waals surface area contributed by atoms with Crippen molar-refractivity contribution in [2.24, 2.45) is 0 Å². The van der Waals surface area contributed by atoms with E-state index in [0.29, 0.717) is 11.8 Å². The summed E-state index contributed by atoms with van der Waals surface area (Å²) in [5, 5.41) is 0.970. The van der Waals surface area contributed by atoms with Crippen LogP contribution in [-0.2, 0) is 13.0 Å². The van der Waals surface area contributed by atoms with E-state index in [4.69, 9.17) is 0 Å². The molecule has 0 atom stereocenters. The first-order valence-corrected chi connectivity index (χ1v) is 9.02. The lowest BCUT2D eigenvalue weighted by Gasteiger charge is -2.08. The van der Waals surface area contributed by atoms with Gasteiger partial charge in [0.05, 0.1) is 10.6 Å². The Kier molecular flexibility index (Phi) is 3.40. The molecule has 0 saturated heterocycles. The van der Waals surface area contributed by atoms with Gasteiger partial charge in [0.15, 0.2) is 11.6 Å². The minimum Gasteiger partial charge on any atom is -0.327 e. The molecule has 0 radical (unpaired) electrons. The summed E-state index contributed by atoms with van der Waals surface area (Å²) in [6.07, 6.45) is 5.19. The minimum absolute atomic E-state index is 0.144. The van der Waals surface area contributed by atoms with Crippen LogP contribution in [0.5, 0.6) is 0 Å². The molecule has 0 N–H and O–H groups in total. The van der Waals surface area contributed by atoms with Crippen LogP contribution in [0.4, 0.5) is 13.2 Å². The number of fused-ring (bicyclic) bond motifs is 2. The summed E-state index contributed by atoms with van der Waals surface area (Å²) in [4.78, 5) is 9.54. The van der Waals surface area contributed by atoms with Gasteiger partial charge < -0.3 is 4.57 Å². The van der Waals surface area contributed by atoms with Crippen LogP contribution in [0.3, 0.4) is 0 Å². The molecule has 0 fully saturated rings. The van der Waals surface area contributed by atoms with E-state index in [2.05, 4.69) is 9.97 Å². The maximum atomic E-state index is 14.4. The van der Waals surface area contributed by atoms with Crippen molar-refractivity contribution in [1.29, 1.82) is 0 Å². The van der Waals surface area contributed by atoms with Gasteiger partial charge in [0.1, 0.15) is 17.3 Å². The average molecular weight is 371 g/mol. The first kappa shape index (κ1) is 15.6. The van der Waals surface area contributed by atoms with E-state index in [1.54, 1.807) is 12.4 Å². The highest BCUT2D eigenvalue weighted by Crippen LogP contribution is 2.41. The number of rotatable bonds is 2. The van der Waals surface area contributed by atoms with Gasteiger partial charge in [-0.3, -0.25) is 4.98 Å². The number of aromatic nitrogens is 3. The number of hydrogen-bond donors (Lipinski definition) is 0. The van der Waals surface area contributed by atoms with Crippen molar-refractivity contribution in [2.45, 2.75) is 19.4 Å². The summed E-state index contributed by atoms with van der Waals surface area (Å²) in [6.45, 7) is 0.754. The number of halogens is 3. The van der Waals surface area contributed by atoms with Gasteiger partial charge in [-0.2, -0.15) is 0 Å². The highest BCUT2D eigenvalue weighted by Gasteiger charge is 2.27. The molecule has 7 heteroatoms. The third-order valence-corrected chi connectivity index (χ3v) is 5.75. The fourth-order valence-corrected chi connectivity index (χ4v) is 4.58. The smallest absolute Gasteiger partial charge is 0.168 e. The van der Waals surface area contributed by atoms with Gasteiger partial charge in [0.2, 0.25) is 0 Å². The van der Waals surface area contributed by atoms with E-state index in [0.717, 1.165) is 46.2 Å². The lowest BCUT2D eigenvalue weighted by atomic mass is 10.1. The van der Waals surface area contributed by atoms with Crippen molar-refractivity contribution in [2.75, 3.05) is 0 Å². The molecule has 0 saturated carbocycles. The van der Waals surface area contributed by atoms with Crippen LogP contribution in [0.15, 0.2) is 36.7 Å². The van der Waals surface area contributed by atoms with Crippen LogP contribution < -0.4 is 0 Å². The number of imidazole rings is 1. The Balaban J connectivity index is 1.80. The lowest BCUT2D eigenvalue weighted by molar-refractivity contribution is 0.497. The molecule has 1 aliphatic rings. The molecule has 1 aromatic carbocycles. The zero-order chi connectivity index (χ0) is 17.8. The standard InChI is InChI=1S/C19H12F3N3S/c20-11-7-12(17(22)13(21)8-11)18-19(25-5-1-2-16(25)24-18)15-6-10-9-23-4-3-14(10)26-15/h3-4,6-9H,1-2,5H2. The van der Waals surface area contributed by atoms with Gasteiger partial charge in [-0.15, -0.1) is 11.3 Å². The molecule has 0 amide bonds. The Bertz CT molecular complexity index is 1130. The summed E-state index contributed by atoms with van der Waals surface area (Å²) in [7, 11) is 0. The molecular weight excluding hydrogens is 359 g/mol. The van der Waals surface area contributed by atoms with Gasteiger partial charge in [0.25, 0.3) is 0 Å². The van der Waals surface area contributed by atoms with Crippen molar-refractivity contribution in [1.82, 2.24) is 14.5 Å². The average Bonchev–Trinajstić information content (AvgIpc) is 3.30. The summed E-state index contributed by atoms with van der Waals surface area (Å²) >= 11 is 1.53. The number of nitrogens with zero attached hydrogens (tertiary/aromatic N) is 3. The molecule has 0 bridgehead atoms. The highest BCUT2D eigenvalue weighted by atomic mass is 32.1. The highest BCUT2D eigenvalue weighted by molar-refractivity contribution is 7.22. The molecule has 26 heavy (non-hydrogen) atoms. The van der Waals surface area contributed by atoms with Crippen molar-refractivity contribution in [3.8, 4) is 21.8 Å². The zero-order valence-corrected chi connectivity index (χ0v) is 14.3. The number of benzene rings is 1.